The highest BCUT2D eigenvalue weighted by molar-refractivity contribution is 5.76. The van der Waals surface area contributed by atoms with E-state index in [0.717, 1.165) is 12.8 Å². The first-order valence-electron chi connectivity index (χ1n) is 6.55. The normalized spacial score (nSPS) is 26.2. The lowest BCUT2D eigenvalue weighted by atomic mass is 9.97. The molecule has 0 aliphatic heterocycles. The van der Waals surface area contributed by atoms with Crippen LogP contribution < -0.4 is 16.6 Å². The van der Waals surface area contributed by atoms with Crippen LogP contribution in [0.1, 0.15) is 26.7 Å². The van der Waals surface area contributed by atoms with Gasteiger partial charge in [0.1, 0.15) is 11.4 Å². The van der Waals surface area contributed by atoms with E-state index in [1.807, 2.05) is 0 Å². The Hall–Kier alpha value is -1.82. The van der Waals surface area contributed by atoms with E-state index < -0.39 is 4.92 Å². The number of para-hydroxylation sites is 1. The first-order chi connectivity index (χ1) is 9.04. The molecule has 6 heteroatoms. The molecule has 2 rings (SSSR count). The molecule has 1 aliphatic rings. The molecule has 0 aromatic heterocycles. The van der Waals surface area contributed by atoms with Crippen LogP contribution in [0.2, 0.25) is 0 Å². The van der Waals surface area contributed by atoms with Crippen molar-refractivity contribution in [3.63, 3.8) is 0 Å². The topological polar surface area (TPSA) is 93.2 Å². The summed E-state index contributed by atoms with van der Waals surface area (Å²) in [6, 6.07) is 5.37. The van der Waals surface area contributed by atoms with E-state index in [1.54, 1.807) is 18.2 Å². The number of nitro benzene ring substituents is 1. The molecule has 0 bridgehead atoms. The minimum Gasteiger partial charge on any atom is -0.376 e. The van der Waals surface area contributed by atoms with E-state index in [2.05, 4.69) is 24.6 Å². The Morgan fingerprint density at radius 2 is 2.00 bits per heavy atom. The van der Waals surface area contributed by atoms with Crippen LogP contribution >= 0.6 is 0 Å². The fraction of sp³-hybridized carbons (Fsp3) is 0.538. The first kappa shape index (κ1) is 13.6. The molecule has 0 radical (unpaired) electrons. The van der Waals surface area contributed by atoms with Gasteiger partial charge in [-0.15, -0.1) is 0 Å². The summed E-state index contributed by atoms with van der Waals surface area (Å²) < 4.78 is 0. The van der Waals surface area contributed by atoms with Crippen molar-refractivity contribution in [2.75, 3.05) is 10.7 Å². The van der Waals surface area contributed by atoms with Crippen molar-refractivity contribution in [3.8, 4) is 0 Å². The Bertz CT molecular complexity index is 478. The van der Waals surface area contributed by atoms with Gasteiger partial charge in [0, 0.05) is 6.04 Å². The third-order valence-corrected chi connectivity index (χ3v) is 4.18. The highest BCUT2D eigenvalue weighted by Gasteiger charge is 2.31. The zero-order chi connectivity index (χ0) is 14.0. The summed E-state index contributed by atoms with van der Waals surface area (Å²) in [5, 5.41) is 14.5. The number of hydrazine groups is 1. The van der Waals surface area contributed by atoms with Crippen LogP contribution in [0.15, 0.2) is 18.2 Å². The fourth-order valence-corrected chi connectivity index (χ4v) is 2.74. The maximum absolute atomic E-state index is 11.2. The molecule has 4 N–H and O–H groups in total. The lowest BCUT2D eigenvalue weighted by molar-refractivity contribution is -0.383. The standard InChI is InChI=1S/C13H20N4O2/c1-8-6-7-10(9(8)2)15-11-4-3-5-12(16-14)13(11)17(18)19/h3-5,8-10,15-16H,6-7,14H2,1-2H3. The van der Waals surface area contributed by atoms with Crippen molar-refractivity contribution in [3.05, 3.63) is 28.3 Å². The Balaban J connectivity index is 2.27. The number of nitrogens with one attached hydrogen (secondary N) is 2. The molecular formula is C13H20N4O2. The second kappa shape index (κ2) is 5.44. The SMILES string of the molecule is CC1CCC(Nc2cccc(NN)c2[N+](=O)[O-])C1C. The molecule has 1 fully saturated rings. The summed E-state index contributed by atoms with van der Waals surface area (Å²) in [6.07, 6.45) is 2.20. The van der Waals surface area contributed by atoms with E-state index in [4.69, 9.17) is 5.84 Å². The molecule has 0 amide bonds. The lowest BCUT2D eigenvalue weighted by Crippen LogP contribution is -2.24. The van der Waals surface area contributed by atoms with Gasteiger partial charge in [-0.2, -0.15) is 0 Å². The smallest absolute Gasteiger partial charge is 0.316 e. The van der Waals surface area contributed by atoms with Crippen LogP contribution in [0.25, 0.3) is 0 Å². The van der Waals surface area contributed by atoms with Gasteiger partial charge in [-0.1, -0.05) is 19.9 Å². The van der Waals surface area contributed by atoms with Gasteiger partial charge < -0.3 is 10.7 Å². The average molecular weight is 264 g/mol. The van der Waals surface area contributed by atoms with Crippen molar-refractivity contribution < 1.29 is 4.92 Å². The van der Waals surface area contributed by atoms with E-state index in [0.29, 0.717) is 23.2 Å². The van der Waals surface area contributed by atoms with Gasteiger partial charge in [0.25, 0.3) is 0 Å². The molecule has 0 spiro atoms. The van der Waals surface area contributed by atoms with Crippen molar-refractivity contribution in [1.82, 2.24) is 0 Å². The quantitative estimate of drug-likeness (QED) is 0.441. The molecule has 0 saturated heterocycles. The minimum absolute atomic E-state index is 0.0109. The molecule has 19 heavy (non-hydrogen) atoms. The number of hydrogen-bond acceptors (Lipinski definition) is 5. The molecule has 6 nitrogen and oxygen atoms in total. The van der Waals surface area contributed by atoms with Crippen LogP contribution in [-0.4, -0.2) is 11.0 Å². The van der Waals surface area contributed by atoms with Crippen LogP contribution in [0, 0.1) is 22.0 Å². The predicted octanol–water partition coefficient (Wildman–Crippen LogP) is 2.73. The number of nitrogens with two attached hydrogens (primary N) is 1. The molecule has 1 aliphatic carbocycles. The summed E-state index contributed by atoms with van der Waals surface area (Å²) in [5.41, 5.74) is 3.25. The summed E-state index contributed by atoms with van der Waals surface area (Å²) >= 11 is 0. The molecule has 1 saturated carbocycles. The molecule has 3 atom stereocenters. The fourth-order valence-electron chi connectivity index (χ4n) is 2.74. The molecule has 0 heterocycles. The van der Waals surface area contributed by atoms with Crippen LogP contribution in [0.3, 0.4) is 0 Å². The monoisotopic (exact) mass is 264 g/mol. The van der Waals surface area contributed by atoms with E-state index in [-0.39, 0.29) is 11.7 Å². The van der Waals surface area contributed by atoms with Gasteiger partial charge >= 0.3 is 5.69 Å². The summed E-state index contributed by atoms with van der Waals surface area (Å²) in [5.74, 6) is 6.49. The van der Waals surface area contributed by atoms with Crippen LogP contribution in [0.4, 0.5) is 17.1 Å². The van der Waals surface area contributed by atoms with Crippen LogP contribution in [-0.2, 0) is 0 Å². The zero-order valence-electron chi connectivity index (χ0n) is 11.2. The average Bonchev–Trinajstić information content (AvgIpc) is 2.70. The summed E-state index contributed by atoms with van der Waals surface area (Å²) in [7, 11) is 0. The second-order valence-corrected chi connectivity index (χ2v) is 5.27. The largest absolute Gasteiger partial charge is 0.376 e. The zero-order valence-corrected chi connectivity index (χ0v) is 11.2. The number of nitrogens with zero attached hydrogens (tertiary/aromatic N) is 1. The van der Waals surface area contributed by atoms with Crippen molar-refractivity contribution in [2.45, 2.75) is 32.7 Å². The van der Waals surface area contributed by atoms with Crippen molar-refractivity contribution in [2.24, 2.45) is 17.7 Å². The predicted molar refractivity (Wildman–Crippen MR) is 75.9 cm³/mol. The number of anilines is 2. The minimum atomic E-state index is -0.402. The summed E-state index contributed by atoms with van der Waals surface area (Å²) in [4.78, 5) is 10.8. The Morgan fingerprint density at radius 3 is 2.53 bits per heavy atom. The highest BCUT2D eigenvalue weighted by atomic mass is 16.6. The summed E-state index contributed by atoms with van der Waals surface area (Å²) in [6.45, 7) is 4.41. The number of nitrogen functional groups attached to an aromatic ring is 1. The highest BCUT2D eigenvalue weighted by Crippen LogP contribution is 2.37. The Morgan fingerprint density at radius 1 is 1.32 bits per heavy atom. The Labute approximate surface area is 112 Å². The third kappa shape index (κ3) is 2.63. The molecule has 3 unspecified atom stereocenters. The molecule has 1 aromatic rings. The molecule has 1 aromatic carbocycles. The van der Waals surface area contributed by atoms with E-state index in [1.165, 1.54) is 0 Å². The second-order valence-electron chi connectivity index (χ2n) is 5.27. The number of nitro groups is 1. The van der Waals surface area contributed by atoms with Gasteiger partial charge in [-0.25, -0.2) is 0 Å². The number of hydrogen-bond donors (Lipinski definition) is 3. The molecule has 104 valence electrons. The van der Waals surface area contributed by atoms with E-state index in [9.17, 15) is 10.1 Å². The number of rotatable bonds is 4. The maximum Gasteiger partial charge on any atom is 0.316 e. The van der Waals surface area contributed by atoms with Crippen molar-refractivity contribution >= 4 is 17.1 Å². The molecular weight excluding hydrogens is 244 g/mol. The third-order valence-electron chi connectivity index (χ3n) is 4.18. The number of benzene rings is 1. The first-order valence-corrected chi connectivity index (χ1v) is 6.55. The Kier molecular flexibility index (Phi) is 3.90. The van der Waals surface area contributed by atoms with Gasteiger partial charge in [0.05, 0.1) is 4.92 Å². The van der Waals surface area contributed by atoms with Gasteiger partial charge in [-0.05, 0) is 36.8 Å². The van der Waals surface area contributed by atoms with Gasteiger partial charge in [0.2, 0.25) is 0 Å². The van der Waals surface area contributed by atoms with Gasteiger partial charge in [0.15, 0.2) is 0 Å². The lowest BCUT2D eigenvalue weighted by Gasteiger charge is -2.21. The van der Waals surface area contributed by atoms with Crippen LogP contribution in [0.5, 0.6) is 0 Å². The van der Waals surface area contributed by atoms with Gasteiger partial charge in [-0.3, -0.25) is 16.0 Å². The van der Waals surface area contributed by atoms with E-state index >= 15 is 0 Å². The van der Waals surface area contributed by atoms with Crippen molar-refractivity contribution in [1.29, 1.82) is 0 Å². The maximum atomic E-state index is 11.2.